The molecule has 128 valence electrons. The Kier molecular flexibility index (Phi) is 5.25. The van der Waals surface area contributed by atoms with E-state index in [0.717, 1.165) is 16.3 Å². The molecule has 0 aliphatic carbocycles. The second-order valence-corrected chi connectivity index (χ2v) is 6.35. The summed E-state index contributed by atoms with van der Waals surface area (Å²) in [4.78, 5) is 12.6. The van der Waals surface area contributed by atoms with E-state index in [1.807, 2.05) is 68.4 Å². The number of aryl methyl sites for hydroxylation is 1. The zero-order valence-corrected chi connectivity index (χ0v) is 15.0. The van der Waals surface area contributed by atoms with Gasteiger partial charge in [-0.2, -0.15) is 0 Å². The van der Waals surface area contributed by atoms with Crippen molar-refractivity contribution in [2.75, 3.05) is 5.32 Å². The van der Waals surface area contributed by atoms with Gasteiger partial charge in [0.2, 0.25) is 0 Å². The monoisotopic (exact) mass is 353 g/mol. The van der Waals surface area contributed by atoms with Gasteiger partial charge in [-0.3, -0.25) is 4.79 Å². The molecular weight excluding hydrogens is 334 g/mol. The molecular formula is C21H20ClNO2. The summed E-state index contributed by atoms with van der Waals surface area (Å²) in [5.74, 6) is 0.525. The molecule has 0 radical (unpaired) electrons. The summed E-state index contributed by atoms with van der Waals surface area (Å²) in [5.41, 5.74) is 1.64. The fourth-order valence-electron chi connectivity index (χ4n) is 2.67. The number of hydrogen-bond acceptors (Lipinski definition) is 2. The van der Waals surface area contributed by atoms with Crippen LogP contribution in [0.4, 0.5) is 5.69 Å². The number of carbonyl (C=O) groups is 1. The maximum atomic E-state index is 12.6. The smallest absolute Gasteiger partial charge is 0.265 e. The molecule has 0 aliphatic heterocycles. The first kappa shape index (κ1) is 17.3. The molecule has 1 amide bonds. The molecule has 0 aromatic heterocycles. The third-order valence-corrected chi connectivity index (χ3v) is 4.53. The molecule has 1 N–H and O–H groups in total. The maximum absolute atomic E-state index is 12.6. The lowest BCUT2D eigenvalue weighted by molar-refractivity contribution is -0.122. The largest absolute Gasteiger partial charge is 0.480 e. The lowest BCUT2D eigenvalue weighted by Crippen LogP contribution is -2.32. The minimum Gasteiger partial charge on any atom is -0.480 e. The molecule has 0 saturated carbocycles. The van der Waals surface area contributed by atoms with E-state index in [1.165, 1.54) is 0 Å². The van der Waals surface area contributed by atoms with Gasteiger partial charge < -0.3 is 10.1 Å². The Morgan fingerprint density at radius 3 is 2.64 bits per heavy atom. The molecule has 3 aromatic carbocycles. The number of carbonyl (C=O) groups excluding carboxylic acids is 1. The predicted molar refractivity (Wildman–Crippen MR) is 103 cm³/mol. The van der Waals surface area contributed by atoms with Gasteiger partial charge in [0.25, 0.3) is 5.91 Å². The highest BCUT2D eigenvalue weighted by Crippen LogP contribution is 2.27. The number of nitrogens with one attached hydrogen (secondary N) is 1. The average molecular weight is 354 g/mol. The topological polar surface area (TPSA) is 38.3 Å². The molecule has 4 heteroatoms. The van der Waals surface area contributed by atoms with E-state index in [9.17, 15) is 4.79 Å². The lowest BCUT2D eigenvalue weighted by Gasteiger charge is -2.18. The summed E-state index contributed by atoms with van der Waals surface area (Å²) >= 11 is 6.12. The quantitative estimate of drug-likeness (QED) is 0.648. The molecule has 0 unspecified atom stereocenters. The number of ether oxygens (including phenoxy) is 1. The van der Waals surface area contributed by atoms with Crippen LogP contribution >= 0.6 is 11.6 Å². The Hall–Kier alpha value is -2.52. The number of halogens is 1. The SMILES string of the molecule is CC[C@@H](Oc1cccc2ccccc12)C(=O)Nc1ccc(C)c(Cl)c1. The van der Waals surface area contributed by atoms with Crippen molar-refractivity contribution in [1.29, 1.82) is 0 Å². The number of anilines is 1. The van der Waals surface area contributed by atoms with Crippen LogP contribution in [0.2, 0.25) is 5.02 Å². The molecule has 25 heavy (non-hydrogen) atoms. The van der Waals surface area contributed by atoms with E-state index in [4.69, 9.17) is 16.3 Å². The van der Waals surface area contributed by atoms with Gasteiger partial charge in [0.05, 0.1) is 0 Å². The Bertz CT molecular complexity index is 902. The number of rotatable bonds is 5. The fraction of sp³-hybridized carbons (Fsp3) is 0.190. The molecule has 0 fully saturated rings. The first-order valence-electron chi connectivity index (χ1n) is 8.30. The Morgan fingerprint density at radius 1 is 1.12 bits per heavy atom. The molecule has 3 aromatic rings. The van der Waals surface area contributed by atoms with Crippen LogP contribution in [0.1, 0.15) is 18.9 Å². The maximum Gasteiger partial charge on any atom is 0.265 e. The standard InChI is InChI=1S/C21H20ClNO2/c1-3-19(21(24)23-16-12-11-14(2)18(22)13-16)25-20-10-6-8-15-7-4-5-9-17(15)20/h4-13,19H,3H2,1-2H3,(H,23,24)/t19-/m1/s1. The van der Waals surface area contributed by atoms with Gasteiger partial charge in [0, 0.05) is 16.1 Å². The van der Waals surface area contributed by atoms with Crippen molar-refractivity contribution >= 4 is 34.0 Å². The van der Waals surface area contributed by atoms with E-state index in [0.29, 0.717) is 22.9 Å². The summed E-state index contributed by atoms with van der Waals surface area (Å²) in [6.45, 7) is 3.85. The lowest BCUT2D eigenvalue weighted by atomic mass is 10.1. The van der Waals surface area contributed by atoms with Crippen molar-refractivity contribution in [1.82, 2.24) is 0 Å². The Labute approximate surface area is 152 Å². The van der Waals surface area contributed by atoms with Crippen LogP contribution in [0.3, 0.4) is 0 Å². The number of hydrogen-bond donors (Lipinski definition) is 1. The number of benzene rings is 3. The van der Waals surface area contributed by atoms with Crippen molar-refractivity contribution in [3.63, 3.8) is 0 Å². The molecule has 0 heterocycles. The van der Waals surface area contributed by atoms with Crippen LogP contribution in [0, 0.1) is 6.92 Å². The third-order valence-electron chi connectivity index (χ3n) is 4.12. The Balaban J connectivity index is 1.79. The van der Waals surface area contributed by atoms with Crippen molar-refractivity contribution in [3.8, 4) is 5.75 Å². The van der Waals surface area contributed by atoms with E-state index >= 15 is 0 Å². The van der Waals surface area contributed by atoms with Crippen molar-refractivity contribution in [2.24, 2.45) is 0 Å². The Morgan fingerprint density at radius 2 is 1.88 bits per heavy atom. The van der Waals surface area contributed by atoms with Crippen molar-refractivity contribution in [2.45, 2.75) is 26.4 Å². The van der Waals surface area contributed by atoms with Gasteiger partial charge in [-0.1, -0.05) is 61.0 Å². The van der Waals surface area contributed by atoms with Crippen LogP contribution in [-0.2, 0) is 4.79 Å². The van der Waals surface area contributed by atoms with Gasteiger partial charge in [-0.05, 0) is 42.5 Å². The van der Waals surface area contributed by atoms with Gasteiger partial charge in [0.1, 0.15) is 5.75 Å². The summed E-state index contributed by atoms with van der Waals surface area (Å²) in [6.07, 6.45) is -0.0137. The molecule has 0 bridgehead atoms. The van der Waals surface area contributed by atoms with Crippen LogP contribution < -0.4 is 10.1 Å². The van der Waals surface area contributed by atoms with E-state index in [2.05, 4.69) is 5.32 Å². The zero-order valence-electron chi connectivity index (χ0n) is 14.3. The molecule has 0 aliphatic rings. The van der Waals surface area contributed by atoms with Crippen LogP contribution in [0.5, 0.6) is 5.75 Å². The van der Waals surface area contributed by atoms with Crippen molar-refractivity contribution < 1.29 is 9.53 Å². The molecule has 0 saturated heterocycles. The van der Waals surface area contributed by atoms with E-state index in [-0.39, 0.29) is 5.91 Å². The zero-order chi connectivity index (χ0) is 17.8. The van der Waals surface area contributed by atoms with Crippen LogP contribution in [-0.4, -0.2) is 12.0 Å². The first-order chi connectivity index (χ1) is 12.1. The minimum absolute atomic E-state index is 0.185. The molecule has 1 atom stereocenters. The van der Waals surface area contributed by atoms with Gasteiger partial charge in [0.15, 0.2) is 6.10 Å². The van der Waals surface area contributed by atoms with Gasteiger partial charge in [-0.25, -0.2) is 0 Å². The van der Waals surface area contributed by atoms with Crippen molar-refractivity contribution in [3.05, 3.63) is 71.2 Å². The van der Waals surface area contributed by atoms with E-state index in [1.54, 1.807) is 6.07 Å². The minimum atomic E-state index is -0.578. The highest BCUT2D eigenvalue weighted by Gasteiger charge is 2.19. The highest BCUT2D eigenvalue weighted by molar-refractivity contribution is 6.31. The summed E-state index contributed by atoms with van der Waals surface area (Å²) < 4.78 is 6.02. The third kappa shape index (κ3) is 3.94. The molecule has 0 spiro atoms. The first-order valence-corrected chi connectivity index (χ1v) is 8.67. The summed E-state index contributed by atoms with van der Waals surface area (Å²) in [6, 6.07) is 19.3. The fourth-order valence-corrected chi connectivity index (χ4v) is 2.85. The molecule has 3 rings (SSSR count). The van der Waals surface area contributed by atoms with E-state index < -0.39 is 6.10 Å². The summed E-state index contributed by atoms with van der Waals surface area (Å²) in [7, 11) is 0. The second-order valence-electron chi connectivity index (χ2n) is 5.95. The normalized spacial score (nSPS) is 12.0. The van der Waals surface area contributed by atoms with Gasteiger partial charge in [-0.15, -0.1) is 0 Å². The number of fused-ring (bicyclic) bond motifs is 1. The summed E-state index contributed by atoms with van der Waals surface area (Å²) in [5, 5.41) is 5.59. The second kappa shape index (κ2) is 7.58. The predicted octanol–water partition coefficient (Wildman–Crippen LogP) is 5.60. The number of amides is 1. The average Bonchev–Trinajstić information content (AvgIpc) is 2.62. The highest BCUT2D eigenvalue weighted by atomic mass is 35.5. The van der Waals surface area contributed by atoms with Crippen LogP contribution in [0.25, 0.3) is 10.8 Å². The van der Waals surface area contributed by atoms with Crippen LogP contribution in [0.15, 0.2) is 60.7 Å². The molecule has 3 nitrogen and oxygen atoms in total. The van der Waals surface area contributed by atoms with Gasteiger partial charge >= 0.3 is 0 Å².